The summed E-state index contributed by atoms with van der Waals surface area (Å²) in [7, 11) is 1.59. The predicted octanol–water partition coefficient (Wildman–Crippen LogP) is 3.69. The summed E-state index contributed by atoms with van der Waals surface area (Å²) in [4.78, 5) is 25.4. The maximum atomic E-state index is 13.1. The molecule has 1 aliphatic heterocycles. The van der Waals surface area contributed by atoms with E-state index in [0.29, 0.717) is 22.8 Å². The zero-order chi connectivity index (χ0) is 20.4. The van der Waals surface area contributed by atoms with Gasteiger partial charge in [-0.1, -0.05) is 12.1 Å². The minimum atomic E-state index is -0.454. The minimum Gasteiger partial charge on any atom is -0.497 e. The summed E-state index contributed by atoms with van der Waals surface area (Å²) in [6, 6.07) is 15.2. The van der Waals surface area contributed by atoms with Crippen LogP contribution >= 0.6 is 0 Å². The van der Waals surface area contributed by atoms with Crippen LogP contribution in [0.3, 0.4) is 0 Å². The first-order valence-corrected chi connectivity index (χ1v) is 9.35. The molecule has 0 unspecified atom stereocenters. The van der Waals surface area contributed by atoms with Crippen LogP contribution in [0.25, 0.3) is 16.9 Å². The van der Waals surface area contributed by atoms with Crippen molar-refractivity contribution >= 4 is 11.6 Å². The predicted molar refractivity (Wildman–Crippen MR) is 107 cm³/mol. The van der Waals surface area contributed by atoms with Gasteiger partial charge < -0.3 is 9.64 Å². The van der Waals surface area contributed by atoms with Crippen molar-refractivity contribution < 1.29 is 14.5 Å². The molecule has 0 atom stereocenters. The zero-order valence-corrected chi connectivity index (χ0v) is 15.9. The lowest BCUT2D eigenvalue weighted by molar-refractivity contribution is -0.384. The van der Waals surface area contributed by atoms with Crippen LogP contribution in [0.15, 0.2) is 54.6 Å². The number of methoxy groups -OCH3 is 1. The number of aromatic nitrogens is 2. The second-order valence-electron chi connectivity index (χ2n) is 6.83. The number of nitro benzene ring substituents is 1. The molecule has 29 heavy (non-hydrogen) atoms. The van der Waals surface area contributed by atoms with E-state index in [0.717, 1.165) is 31.5 Å². The van der Waals surface area contributed by atoms with E-state index in [-0.39, 0.29) is 11.6 Å². The van der Waals surface area contributed by atoms with Crippen molar-refractivity contribution in [3.63, 3.8) is 0 Å². The number of nitrogens with zero attached hydrogens (tertiary/aromatic N) is 4. The van der Waals surface area contributed by atoms with Crippen LogP contribution in [-0.2, 0) is 0 Å². The number of benzene rings is 2. The Morgan fingerprint density at radius 1 is 1.10 bits per heavy atom. The van der Waals surface area contributed by atoms with Crippen LogP contribution in [-0.4, -0.2) is 45.7 Å². The van der Waals surface area contributed by atoms with Gasteiger partial charge in [-0.2, -0.15) is 5.10 Å². The number of nitro groups is 1. The second kappa shape index (κ2) is 7.75. The van der Waals surface area contributed by atoms with Crippen LogP contribution in [0.2, 0.25) is 0 Å². The molecule has 0 saturated carbocycles. The van der Waals surface area contributed by atoms with Crippen LogP contribution in [0, 0.1) is 10.1 Å². The molecule has 148 valence electrons. The summed E-state index contributed by atoms with van der Waals surface area (Å²) in [5.74, 6) is 0.599. The highest BCUT2D eigenvalue weighted by atomic mass is 16.6. The van der Waals surface area contributed by atoms with E-state index in [1.165, 1.54) is 12.1 Å². The Bertz CT molecular complexity index is 1050. The van der Waals surface area contributed by atoms with Crippen molar-refractivity contribution in [3.05, 3.63) is 70.4 Å². The first kappa shape index (κ1) is 18.7. The summed E-state index contributed by atoms with van der Waals surface area (Å²) >= 11 is 0. The van der Waals surface area contributed by atoms with Crippen molar-refractivity contribution in [3.8, 4) is 22.7 Å². The van der Waals surface area contributed by atoms with Crippen LogP contribution in [0.4, 0.5) is 5.69 Å². The molecule has 1 amide bonds. The summed E-state index contributed by atoms with van der Waals surface area (Å²) in [6.07, 6.45) is 1.97. The number of carbonyl (C=O) groups is 1. The monoisotopic (exact) mass is 392 g/mol. The Hall–Kier alpha value is -3.68. The third kappa shape index (κ3) is 3.69. The average molecular weight is 392 g/mol. The standard InChI is InChI=1S/C21H20N4O4/c1-29-18-6-4-5-15(13-18)19-14-20(21(26)23-11-2-3-12-23)24(22-19)16-7-9-17(10-8-16)25(27)28/h4-10,13-14H,2-3,11-12H2,1H3. The molecule has 0 bridgehead atoms. The third-order valence-corrected chi connectivity index (χ3v) is 4.99. The SMILES string of the molecule is COc1cccc(-c2cc(C(=O)N3CCCC3)n(-c3ccc([N+](=O)[O-])cc3)n2)c1. The van der Waals surface area contributed by atoms with Crippen LogP contribution < -0.4 is 4.74 Å². The molecule has 1 aromatic heterocycles. The van der Waals surface area contributed by atoms with Gasteiger partial charge in [-0.3, -0.25) is 14.9 Å². The van der Waals surface area contributed by atoms with E-state index in [1.54, 1.807) is 30.0 Å². The van der Waals surface area contributed by atoms with Gasteiger partial charge >= 0.3 is 0 Å². The van der Waals surface area contributed by atoms with Gasteiger partial charge in [-0.15, -0.1) is 0 Å². The summed E-state index contributed by atoms with van der Waals surface area (Å²) in [5, 5.41) is 15.6. The van der Waals surface area contributed by atoms with Crippen molar-refractivity contribution in [2.45, 2.75) is 12.8 Å². The molecule has 1 fully saturated rings. The van der Waals surface area contributed by atoms with Gasteiger partial charge in [-0.05, 0) is 43.2 Å². The molecule has 0 aliphatic carbocycles. The average Bonchev–Trinajstić information content (AvgIpc) is 3.44. The molecule has 1 saturated heterocycles. The largest absolute Gasteiger partial charge is 0.497 e. The maximum absolute atomic E-state index is 13.1. The van der Waals surface area contributed by atoms with E-state index in [1.807, 2.05) is 29.2 Å². The lowest BCUT2D eigenvalue weighted by Crippen LogP contribution is -2.29. The molecule has 8 nitrogen and oxygen atoms in total. The normalized spacial score (nSPS) is 13.5. The van der Waals surface area contributed by atoms with E-state index in [2.05, 4.69) is 5.10 Å². The topological polar surface area (TPSA) is 90.5 Å². The number of hydrogen-bond donors (Lipinski definition) is 0. The smallest absolute Gasteiger partial charge is 0.272 e. The van der Waals surface area contributed by atoms with Crippen molar-refractivity contribution in [2.24, 2.45) is 0 Å². The third-order valence-electron chi connectivity index (χ3n) is 4.99. The summed E-state index contributed by atoms with van der Waals surface area (Å²) in [6.45, 7) is 1.44. The number of rotatable bonds is 5. The first-order chi connectivity index (χ1) is 14.1. The number of carbonyl (C=O) groups excluding carboxylic acids is 1. The van der Waals surface area contributed by atoms with Crippen molar-refractivity contribution in [1.29, 1.82) is 0 Å². The lowest BCUT2D eigenvalue weighted by atomic mass is 10.1. The molecule has 1 aliphatic rings. The maximum Gasteiger partial charge on any atom is 0.272 e. The van der Waals surface area contributed by atoms with Gasteiger partial charge in [0.05, 0.1) is 23.4 Å². The molecule has 2 aromatic carbocycles. The molecule has 2 heterocycles. The zero-order valence-electron chi connectivity index (χ0n) is 15.9. The quantitative estimate of drug-likeness (QED) is 0.488. The van der Waals surface area contributed by atoms with Gasteiger partial charge in [-0.25, -0.2) is 4.68 Å². The van der Waals surface area contributed by atoms with Crippen LogP contribution in [0.5, 0.6) is 5.75 Å². The molecule has 8 heteroatoms. The fraction of sp³-hybridized carbons (Fsp3) is 0.238. The molecule has 0 radical (unpaired) electrons. The van der Waals surface area contributed by atoms with Crippen molar-refractivity contribution in [1.82, 2.24) is 14.7 Å². The lowest BCUT2D eigenvalue weighted by Gasteiger charge is -2.15. The Labute approximate surface area is 167 Å². The summed E-state index contributed by atoms with van der Waals surface area (Å²) in [5.41, 5.74) is 2.46. The molecular formula is C21H20N4O4. The number of amides is 1. The minimum absolute atomic E-state index is 0.0126. The number of likely N-dealkylation sites (tertiary alicyclic amines) is 1. The van der Waals surface area contributed by atoms with E-state index >= 15 is 0 Å². The fourth-order valence-corrected chi connectivity index (χ4v) is 3.45. The Morgan fingerprint density at radius 3 is 2.48 bits per heavy atom. The van der Waals surface area contributed by atoms with E-state index in [4.69, 9.17) is 4.74 Å². The van der Waals surface area contributed by atoms with Gasteiger partial charge in [0.2, 0.25) is 0 Å². The summed E-state index contributed by atoms with van der Waals surface area (Å²) < 4.78 is 6.84. The van der Waals surface area contributed by atoms with E-state index < -0.39 is 4.92 Å². The van der Waals surface area contributed by atoms with Gasteiger partial charge in [0, 0.05) is 30.8 Å². The highest BCUT2D eigenvalue weighted by molar-refractivity contribution is 5.94. The van der Waals surface area contributed by atoms with Gasteiger partial charge in [0.1, 0.15) is 11.4 Å². The number of ether oxygens (including phenoxy) is 1. The fourth-order valence-electron chi connectivity index (χ4n) is 3.45. The highest BCUT2D eigenvalue weighted by Crippen LogP contribution is 2.27. The van der Waals surface area contributed by atoms with Crippen LogP contribution in [0.1, 0.15) is 23.3 Å². The van der Waals surface area contributed by atoms with Crippen molar-refractivity contribution in [2.75, 3.05) is 20.2 Å². The Balaban J connectivity index is 1.79. The molecule has 3 aromatic rings. The molecule has 0 N–H and O–H groups in total. The highest BCUT2D eigenvalue weighted by Gasteiger charge is 2.25. The van der Waals surface area contributed by atoms with Gasteiger partial charge in [0.15, 0.2) is 0 Å². The Morgan fingerprint density at radius 2 is 1.83 bits per heavy atom. The number of non-ortho nitro benzene ring substituents is 1. The molecule has 4 rings (SSSR count). The molecule has 0 spiro atoms. The van der Waals surface area contributed by atoms with E-state index in [9.17, 15) is 14.9 Å². The van der Waals surface area contributed by atoms with Gasteiger partial charge in [0.25, 0.3) is 11.6 Å². The Kier molecular flexibility index (Phi) is 4.99. The molecular weight excluding hydrogens is 372 g/mol. The first-order valence-electron chi connectivity index (χ1n) is 9.35. The second-order valence-corrected chi connectivity index (χ2v) is 6.83. The number of hydrogen-bond acceptors (Lipinski definition) is 5.